The minimum Gasteiger partial charge on any atom is -0.331 e. The minimum atomic E-state index is -3.21. The predicted octanol–water partition coefficient (Wildman–Crippen LogP) is 0.939. The molecule has 23 heavy (non-hydrogen) atoms. The third-order valence-corrected chi connectivity index (χ3v) is 5.37. The number of nitrogens with zero attached hydrogens (tertiary/aromatic N) is 1. The highest BCUT2D eigenvalue weighted by Crippen LogP contribution is 2.19. The first-order valence-corrected chi connectivity index (χ1v) is 8.83. The summed E-state index contributed by atoms with van der Waals surface area (Å²) in [6, 6.07) is 1.97. The van der Waals surface area contributed by atoms with Gasteiger partial charge in [-0.2, -0.15) is 0 Å². The second-order valence-electron chi connectivity index (χ2n) is 5.23. The Morgan fingerprint density at radius 3 is 2.57 bits per heavy atom. The van der Waals surface area contributed by atoms with Gasteiger partial charge >= 0.3 is 11.8 Å². The number of benzene rings is 1. The number of hydrogen-bond acceptors (Lipinski definition) is 4. The van der Waals surface area contributed by atoms with Gasteiger partial charge in [-0.25, -0.2) is 17.2 Å². The molecule has 1 aliphatic rings. The van der Waals surface area contributed by atoms with Crippen LogP contribution in [0.5, 0.6) is 0 Å². The molecule has 1 fully saturated rings. The summed E-state index contributed by atoms with van der Waals surface area (Å²) in [5.74, 6) is -4.07. The van der Waals surface area contributed by atoms with Crippen molar-refractivity contribution < 1.29 is 26.8 Å². The van der Waals surface area contributed by atoms with Gasteiger partial charge in [0.05, 0.1) is 17.2 Å². The lowest BCUT2D eigenvalue weighted by Gasteiger charge is -2.26. The van der Waals surface area contributed by atoms with Crippen molar-refractivity contribution in [3.05, 3.63) is 29.8 Å². The zero-order valence-corrected chi connectivity index (χ0v) is 13.2. The topological polar surface area (TPSA) is 83.6 Å². The molecule has 2 amide bonds. The van der Waals surface area contributed by atoms with Crippen LogP contribution in [0.3, 0.4) is 0 Å². The predicted molar refractivity (Wildman–Crippen MR) is 79.4 cm³/mol. The molecule has 1 aromatic rings. The standard InChI is InChI=1S/C14H16F2N2O4S/c1-2-18(10-5-6-23(21,22)8-10)14(20)13(19)17-12-4-3-9(15)7-11(12)16/h3-4,7,10H,2,5-6,8H2,1H3,(H,17,19). The van der Waals surface area contributed by atoms with Gasteiger partial charge in [0.2, 0.25) is 0 Å². The van der Waals surface area contributed by atoms with E-state index in [4.69, 9.17) is 0 Å². The number of amides is 2. The highest BCUT2D eigenvalue weighted by atomic mass is 32.2. The van der Waals surface area contributed by atoms with Crippen LogP contribution in [0.1, 0.15) is 13.3 Å². The highest BCUT2D eigenvalue weighted by Gasteiger charge is 2.36. The van der Waals surface area contributed by atoms with Crippen molar-refractivity contribution in [2.24, 2.45) is 0 Å². The summed E-state index contributed by atoms with van der Waals surface area (Å²) in [5, 5.41) is 2.07. The maximum atomic E-state index is 13.5. The first-order valence-electron chi connectivity index (χ1n) is 7.01. The van der Waals surface area contributed by atoms with Gasteiger partial charge in [-0.3, -0.25) is 9.59 Å². The molecule has 0 spiro atoms. The van der Waals surface area contributed by atoms with Crippen molar-refractivity contribution in [1.82, 2.24) is 4.90 Å². The number of nitrogens with one attached hydrogen (secondary N) is 1. The molecule has 1 saturated heterocycles. The molecule has 1 N–H and O–H groups in total. The van der Waals surface area contributed by atoms with Crippen LogP contribution in [0.25, 0.3) is 0 Å². The molecule has 1 unspecified atom stereocenters. The molecular weight excluding hydrogens is 330 g/mol. The average molecular weight is 346 g/mol. The number of likely N-dealkylation sites (N-methyl/N-ethyl adjacent to an activating group) is 1. The number of anilines is 1. The van der Waals surface area contributed by atoms with Crippen LogP contribution in [0.15, 0.2) is 18.2 Å². The van der Waals surface area contributed by atoms with E-state index < -0.39 is 39.3 Å². The fourth-order valence-electron chi connectivity index (χ4n) is 2.49. The molecular formula is C14H16F2N2O4S. The lowest BCUT2D eigenvalue weighted by Crippen LogP contribution is -2.46. The molecule has 0 aromatic heterocycles. The lowest BCUT2D eigenvalue weighted by molar-refractivity contribution is -0.144. The Balaban J connectivity index is 2.10. The number of sulfone groups is 1. The normalized spacial score (nSPS) is 19.3. The third kappa shape index (κ3) is 4.04. The van der Waals surface area contributed by atoms with Gasteiger partial charge in [0.25, 0.3) is 0 Å². The molecule has 6 nitrogen and oxygen atoms in total. The van der Waals surface area contributed by atoms with E-state index in [0.717, 1.165) is 17.0 Å². The van der Waals surface area contributed by atoms with Crippen molar-refractivity contribution in [3.8, 4) is 0 Å². The van der Waals surface area contributed by atoms with Crippen molar-refractivity contribution >= 4 is 27.3 Å². The smallest absolute Gasteiger partial charge is 0.313 e. The zero-order valence-electron chi connectivity index (χ0n) is 12.4. The molecule has 1 heterocycles. The SMILES string of the molecule is CCN(C(=O)C(=O)Nc1ccc(F)cc1F)C1CCS(=O)(=O)C1. The molecule has 0 radical (unpaired) electrons. The van der Waals surface area contributed by atoms with E-state index in [-0.39, 0.29) is 30.2 Å². The molecule has 1 aliphatic heterocycles. The summed E-state index contributed by atoms with van der Waals surface area (Å²) < 4.78 is 49.3. The minimum absolute atomic E-state index is 0.0321. The van der Waals surface area contributed by atoms with E-state index in [1.165, 1.54) is 0 Å². The molecule has 0 aliphatic carbocycles. The first kappa shape index (κ1) is 17.3. The van der Waals surface area contributed by atoms with Crippen molar-refractivity contribution in [3.63, 3.8) is 0 Å². The Morgan fingerprint density at radius 2 is 2.04 bits per heavy atom. The Labute approximate surface area is 132 Å². The number of rotatable bonds is 3. The van der Waals surface area contributed by atoms with Crippen LogP contribution in [0, 0.1) is 11.6 Å². The van der Waals surface area contributed by atoms with Crippen LogP contribution in [0.4, 0.5) is 14.5 Å². The highest BCUT2D eigenvalue weighted by molar-refractivity contribution is 7.91. The van der Waals surface area contributed by atoms with Crippen LogP contribution >= 0.6 is 0 Å². The molecule has 1 aromatic carbocycles. The van der Waals surface area contributed by atoms with Gasteiger partial charge in [-0.1, -0.05) is 0 Å². The van der Waals surface area contributed by atoms with Crippen LogP contribution < -0.4 is 5.32 Å². The molecule has 2 rings (SSSR count). The number of hydrogen-bond donors (Lipinski definition) is 1. The summed E-state index contributed by atoms with van der Waals surface area (Å²) in [4.78, 5) is 25.3. The van der Waals surface area contributed by atoms with Crippen molar-refractivity contribution in [2.45, 2.75) is 19.4 Å². The van der Waals surface area contributed by atoms with Crippen LogP contribution in [-0.2, 0) is 19.4 Å². The molecule has 126 valence electrons. The number of carbonyl (C=O) groups is 2. The Hall–Kier alpha value is -2.03. The lowest BCUT2D eigenvalue weighted by atomic mass is 10.2. The quantitative estimate of drug-likeness (QED) is 0.826. The van der Waals surface area contributed by atoms with Crippen molar-refractivity contribution in [1.29, 1.82) is 0 Å². The van der Waals surface area contributed by atoms with E-state index in [2.05, 4.69) is 5.32 Å². The average Bonchev–Trinajstić information content (AvgIpc) is 2.82. The van der Waals surface area contributed by atoms with Gasteiger partial charge in [0, 0.05) is 18.7 Å². The summed E-state index contributed by atoms with van der Waals surface area (Å²) in [6.07, 6.45) is 0.264. The largest absolute Gasteiger partial charge is 0.331 e. The van der Waals surface area contributed by atoms with E-state index in [9.17, 15) is 26.8 Å². The monoisotopic (exact) mass is 346 g/mol. The second kappa shape index (κ2) is 6.61. The van der Waals surface area contributed by atoms with Crippen LogP contribution in [-0.4, -0.2) is 49.2 Å². The third-order valence-electron chi connectivity index (χ3n) is 3.62. The summed E-state index contributed by atoms with van der Waals surface area (Å²) in [5.41, 5.74) is -0.320. The summed E-state index contributed by atoms with van der Waals surface area (Å²) in [7, 11) is -3.21. The Bertz CT molecular complexity index is 736. The maximum Gasteiger partial charge on any atom is 0.313 e. The molecule has 0 bridgehead atoms. The van der Waals surface area contributed by atoms with E-state index >= 15 is 0 Å². The zero-order chi connectivity index (χ0) is 17.2. The van der Waals surface area contributed by atoms with E-state index in [0.29, 0.717) is 6.07 Å². The van der Waals surface area contributed by atoms with E-state index in [1.54, 1.807) is 6.92 Å². The summed E-state index contributed by atoms with van der Waals surface area (Å²) in [6.45, 7) is 1.77. The van der Waals surface area contributed by atoms with Gasteiger partial charge in [-0.05, 0) is 25.5 Å². The second-order valence-corrected chi connectivity index (χ2v) is 7.46. The Kier molecular flexibility index (Phi) is 4.98. The molecule has 0 saturated carbocycles. The molecule has 9 heteroatoms. The number of carbonyl (C=O) groups excluding carboxylic acids is 2. The summed E-state index contributed by atoms with van der Waals surface area (Å²) >= 11 is 0. The van der Waals surface area contributed by atoms with E-state index in [1.807, 2.05) is 0 Å². The fraction of sp³-hybridized carbons (Fsp3) is 0.429. The van der Waals surface area contributed by atoms with Gasteiger partial charge in [-0.15, -0.1) is 0 Å². The van der Waals surface area contributed by atoms with Crippen LogP contribution in [0.2, 0.25) is 0 Å². The van der Waals surface area contributed by atoms with Gasteiger partial charge < -0.3 is 10.2 Å². The first-order chi connectivity index (χ1) is 10.7. The maximum absolute atomic E-state index is 13.5. The van der Waals surface area contributed by atoms with Gasteiger partial charge in [0.1, 0.15) is 11.6 Å². The van der Waals surface area contributed by atoms with Crippen molar-refractivity contribution in [2.75, 3.05) is 23.4 Å². The fourth-order valence-corrected chi connectivity index (χ4v) is 4.22. The molecule has 1 atom stereocenters. The Morgan fingerprint density at radius 1 is 1.35 bits per heavy atom. The number of halogens is 2. The van der Waals surface area contributed by atoms with Gasteiger partial charge in [0.15, 0.2) is 9.84 Å².